The highest BCUT2D eigenvalue weighted by atomic mass is 79.9. The van der Waals surface area contributed by atoms with Crippen molar-refractivity contribution in [2.75, 3.05) is 0 Å². The van der Waals surface area contributed by atoms with Crippen LogP contribution in [-0.4, -0.2) is 15.6 Å². The first kappa shape index (κ1) is 18.4. The molecule has 0 spiro atoms. The summed E-state index contributed by atoms with van der Waals surface area (Å²) < 4.78 is 3.04. The van der Waals surface area contributed by atoms with Gasteiger partial charge in [-0.3, -0.25) is 4.79 Å². The average Bonchev–Trinajstić information content (AvgIpc) is 3.16. The molecule has 0 saturated carbocycles. The number of aryl methyl sites for hydroxylation is 1. The third-order valence-corrected chi connectivity index (χ3v) is 6.77. The highest BCUT2D eigenvalue weighted by molar-refractivity contribution is 9.10. The summed E-state index contributed by atoms with van der Waals surface area (Å²) in [6.07, 6.45) is 0.906. The molecule has 4 nitrogen and oxygen atoms in total. The molecule has 0 bridgehead atoms. The topological polar surface area (TPSA) is 46.6 Å². The summed E-state index contributed by atoms with van der Waals surface area (Å²) in [5.41, 5.74) is 2.60. The van der Waals surface area contributed by atoms with Crippen LogP contribution in [0.2, 0.25) is 5.02 Å². The number of rotatable bonds is 4. The van der Waals surface area contributed by atoms with Crippen molar-refractivity contribution in [3.8, 4) is 0 Å². The molecule has 0 saturated heterocycles. The molecule has 4 rings (SSSR count). The maximum Gasteiger partial charge on any atom is 0.304 e. The number of carboxylic acid groups (broad SMARTS) is 1. The Bertz CT molecular complexity index is 1100. The lowest BCUT2D eigenvalue weighted by Crippen LogP contribution is -2.04. The van der Waals surface area contributed by atoms with Crippen LogP contribution >= 0.6 is 39.3 Å². The fourth-order valence-corrected chi connectivity index (χ4v) is 5.76. The van der Waals surface area contributed by atoms with Gasteiger partial charge in [0.1, 0.15) is 0 Å². The Labute approximate surface area is 174 Å². The van der Waals surface area contributed by atoms with E-state index in [1.807, 2.05) is 36.4 Å². The molecule has 1 aromatic heterocycles. The Morgan fingerprint density at radius 1 is 1.37 bits per heavy atom. The molecule has 3 aromatic rings. The number of carboxylic acids is 1. The Morgan fingerprint density at radius 2 is 2.11 bits per heavy atom. The second kappa shape index (κ2) is 7.23. The van der Waals surface area contributed by atoms with E-state index in [4.69, 9.17) is 18.2 Å². The van der Waals surface area contributed by atoms with Gasteiger partial charge in [0.25, 0.3) is 0 Å². The van der Waals surface area contributed by atoms with Gasteiger partial charge in [-0.2, -0.15) is 0 Å². The van der Waals surface area contributed by atoms with Crippen molar-refractivity contribution in [1.82, 2.24) is 4.57 Å². The van der Waals surface area contributed by atoms with Crippen LogP contribution < -0.4 is 0 Å². The van der Waals surface area contributed by atoms with Crippen molar-refractivity contribution in [3.05, 3.63) is 63.0 Å². The molecule has 27 heavy (non-hydrogen) atoms. The number of aliphatic carboxylic acids is 1. The van der Waals surface area contributed by atoms with Gasteiger partial charge in [0, 0.05) is 48.3 Å². The first-order valence-corrected chi connectivity index (χ1v) is 10.3. The fraction of sp³-hybridized carbons (Fsp3) is 0.200. The van der Waals surface area contributed by atoms with E-state index >= 15 is 0 Å². The molecule has 0 radical (unpaired) electrons. The lowest BCUT2D eigenvalue weighted by atomic mass is 10.0. The summed E-state index contributed by atoms with van der Waals surface area (Å²) in [5, 5.41) is 11.1. The second-order valence-corrected chi connectivity index (χ2v) is 8.81. The van der Waals surface area contributed by atoms with Gasteiger partial charge in [0.05, 0.1) is 13.0 Å². The van der Waals surface area contributed by atoms with Gasteiger partial charge in [-0.05, 0) is 42.8 Å². The molecule has 2 heterocycles. The van der Waals surface area contributed by atoms with Crippen LogP contribution in [-0.2, 0) is 11.3 Å². The SMILES string of the molecule is [C-]#[N+]c1cc(Br)c2c(Sc3ccc(Cl)cc3)c3n(c2c1)CCC3CC(=O)O. The number of halogens is 2. The summed E-state index contributed by atoms with van der Waals surface area (Å²) in [7, 11) is 0. The molecule has 1 aliphatic heterocycles. The molecular formula is C20H14BrClN2O2S. The Hall–Kier alpha value is -1.94. The molecule has 7 heteroatoms. The molecule has 1 aliphatic rings. The second-order valence-electron chi connectivity index (χ2n) is 6.44. The number of hydrogen-bond donors (Lipinski definition) is 1. The summed E-state index contributed by atoms with van der Waals surface area (Å²) in [5.74, 6) is -0.824. The number of benzene rings is 2. The normalized spacial score (nSPS) is 15.7. The van der Waals surface area contributed by atoms with E-state index in [1.54, 1.807) is 11.8 Å². The van der Waals surface area contributed by atoms with Crippen LogP contribution in [0.4, 0.5) is 5.69 Å². The minimum atomic E-state index is -0.790. The first-order valence-electron chi connectivity index (χ1n) is 8.36. The lowest BCUT2D eigenvalue weighted by molar-refractivity contribution is -0.137. The van der Waals surface area contributed by atoms with E-state index in [-0.39, 0.29) is 12.3 Å². The zero-order valence-electron chi connectivity index (χ0n) is 14.1. The van der Waals surface area contributed by atoms with Crippen molar-refractivity contribution >= 4 is 61.9 Å². The number of carbonyl (C=O) groups is 1. The van der Waals surface area contributed by atoms with Gasteiger partial charge < -0.3 is 9.67 Å². The number of fused-ring (bicyclic) bond motifs is 3. The average molecular weight is 462 g/mol. The number of nitrogens with zero attached hydrogens (tertiary/aromatic N) is 2. The standard InChI is InChI=1S/C20H14BrClN2O2S/c1-23-13-9-15(21)18-16(10-13)24-7-6-11(8-17(25)26)19(24)20(18)27-14-4-2-12(22)3-5-14/h2-5,9-11H,6-8H2,(H,25,26). The molecular weight excluding hydrogens is 448 g/mol. The highest BCUT2D eigenvalue weighted by Crippen LogP contribution is 2.49. The molecule has 1 N–H and O–H groups in total. The van der Waals surface area contributed by atoms with Crippen molar-refractivity contribution in [3.63, 3.8) is 0 Å². The van der Waals surface area contributed by atoms with Gasteiger partial charge in [0.2, 0.25) is 0 Å². The smallest absolute Gasteiger partial charge is 0.304 e. The molecule has 1 atom stereocenters. The van der Waals surface area contributed by atoms with E-state index in [2.05, 4.69) is 25.3 Å². The van der Waals surface area contributed by atoms with E-state index in [1.165, 1.54) is 0 Å². The lowest BCUT2D eigenvalue weighted by Gasteiger charge is -2.11. The van der Waals surface area contributed by atoms with E-state index in [9.17, 15) is 9.90 Å². The van der Waals surface area contributed by atoms with Crippen LogP contribution in [0.3, 0.4) is 0 Å². The summed E-state index contributed by atoms with van der Waals surface area (Å²) in [6, 6.07) is 11.3. The predicted octanol–water partition coefficient (Wildman–Crippen LogP) is 6.72. The third-order valence-electron chi connectivity index (χ3n) is 4.77. The highest BCUT2D eigenvalue weighted by Gasteiger charge is 2.32. The number of aromatic nitrogens is 1. The fourth-order valence-electron chi connectivity index (χ4n) is 3.66. The Kier molecular flexibility index (Phi) is 4.94. The van der Waals surface area contributed by atoms with Crippen LogP contribution in [0.15, 0.2) is 50.7 Å². The molecule has 0 aliphatic carbocycles. The Balaban J connectivity index is 1.93. The zero-order valence-corrected chi connectivity index (χ0v) is 17.2. The predicted molar refractivity (Wildman–Crippen MR) is 111 cm³/mol. The maximum atomic E-state index is 11.4. The van der Waals surface area contributed by atoms with Gasteiger partial charge in [0.15, 0.2) is 5.69 Å². The van der Waals surface area contributed by atoms with E-state index in [0.29, 0.717) is 10.7 Å². The van der Waals surface area contributed by atoms with Gasteiger partial charge >= 0.3 is 5.97 Å². The van der Waals surface area contributed by atoms with Crippen molar-refractivity contribution in [1.29, 1.82) is 0 Å². The van der Waals surface area contributed by atoms with Crippen LogP contribution in [0.25, 0.3) is 15.7 Å². The molecule has 136 valence electrons. The summed E-state index contributed by atoms with van der Waals surface area (Å²) in [6.45, 7) is 8.11. The maximum absolute atomic E-state index is 11.4. The molecule has 1 unspecified atom stereocenters. The quantitative estimate of drug-likeness (QED) is 0.439. The third kappa shape index (κ3) is 3.36. The van der Waals surface area contributed by atoms with Gasteiger partial charge in [-0.15, -0.1) is 0 Å². The van der Waals surface area contributed by atoms with Crippen LogP contribution in [0.5, 0.6) is 0 Å². The molecule has 2 aromatic carbocycles. The van der Waals surface area contributed by atoms with Crippen molar-refractivity contribution in [2.24, 2.45) is 0 Å². The minimum absolute atomic E-state index is 0.0343. The van der Waals surface area contributed by atoms with Gasteiger partial charge in [-0.1, -0.05) is 39.3 Å². The first-order chi connectivity index (χ1) is 13.0. The van der Waals surface area contributed by atoms with Crippen molar-refractivity contribution in [2.45, 2.75) is 35.1 Å². The van der Waals surface area contributed by atoms with Crippen LogP contribution in [0.1, 0.15) is 24.5 Å². The monoisotopic (exact) mass is 460 g/mol. The minimum Gasteiger partial charge on any atom is -0.481 e. The molecule has 0 amide bonds. The summed E-state index contributed by atoms with van der Waals surface area (Å²) in [4.78, 5) is 17.0. The zero-order chi connectivity index (χ0) is 19.1. The van der Waals surface area contributed by atoms with E-state index < -0.39 is 5.97 Å². The largest absolute Gasteiger partial charge is 0.481 e. The van der Waals surface area contributed by atoms with Gasteiger partial charge in [-0.25, -0.2) is 4.85 Å². The van der Waals surface area contributed by atoms with Crippen LogP contribution in [0, 0.1) is 6.57 Å². The van der Waals surface area contributed by atoms with E-state index in [0.717, 1.165) is 43.8 Å². The number of hydrogen-bond acceptors (Lipinski definition) is 2. The Morgan fingerprint density at radius 3 is 2.78 bits per heavy atom. The molecule has 0 fully saturated rings. The summed E-state index contributed by atoms with van der Waals surface area (Å²) >= 11 is 11.3. The van der Waals surface area contributed by atoms with Crippen molar-refractivity contribution < 1.29 is 9.90 Å².